The van der Waals surface area contributed by atoms with Gasteiger partial charge in [-0.25, -0.2) is 4.79 Å². The highest BCUT2D eigenvalue weighted by molar-refractivity contribution is 7.99. The van der Waals surface area contributed by atoms with Crippen molar-refractivity contribution in [2.45, 2.75) is 38.3 Å². The molecule has 1 heterocycles. The Hall–Kier alpha value is -2.35. The van der Waals surface area contributed by atoms with Crippen LogP contribution >= 0.6 is 11.8 Å². The summed E-state index contributed by atoms with van der Waals surface area (Å²) in [7, 11) is 0. The highest BCUT2D eigenvalue weighted by atomic mass is 32.2. The monoisotopic (exact) mass is 363 g/mol. The fourth-order valence-electron chi connectivity index (χ4n) is 1.94. The molecule has 0 saturated heterocycles. The molecule has 8 heteroatoms. The number of carbonyl (C=O) groups excluding carboxylic acids is 2. The second kappa shape index (κ2) is 8.15. The SMILES string of the molecule is CCOC(=O)NC(=O)CSc1nnc(-c2ccc(C(C)(C)C)cc2)o1. The molecule has 1 aromatic heterocycles. The predicted molar refractivity (Wildman–Crippen MR) is 94.3 cm³/mol. The molecule has 1 aromatic carbocycles. The third-order valence-corrected chi connectivity index (χ3v) is 4.07. The Morgan fingerprint density at radius 3 is 2.48 bits per heavy atom. The van der Waals surface area contributed by atoms with E-state index < -0.39 is 12.0 Å². The highest BCUT2D eigenvalue weighted by Crippen LogP contribution is 2.27. The first kappa shape index (κ1) is 19.0. The summed E-state index contributed by atoms with van der Waals surface area (Å²) in [6.07, 6.45) is -0.766. The predicted octanol–water partition coefficient (Wildman–Crippen LogP) is 3.40. The minimum absolute atomic E-state index is 0.0244. The van der Waals surface area contributed by atoms with Crippen molar-refractivity contribution in [1.29, 1.82) is 0 Å². The van der Waals surface area contributed by atoms with Crippen LogP contribution in [0.1, 0.15) is 33.3 Å². The molecule has 0 atom stereocenters. The summed E-state index contributed by atoms with van der Waals surface area (Å²) >= 11 is 1.05. The van der Waals surface area contributed by atoms with Gasteiger partial charge in [-0.1, -0.05) is 44.7 Å². The van der Waals surface area contributed by atoms with E-state index in [0.29, 0.717) is 5.89 Å². The van der Waals surface area contributed by atoms with Crippen LogP contribution < -0.4 is 5.32 Å². The summed E-state index contributed by atoms with van der Waals surface area (Å²) in [5, 5.41) is 10.2. The smallest absolute Gasteiger partial charge is 0.413 e. The number of thioether (sulfide) groups is 1. The van der Waals surface area contributed by atoms with E-state index in [1.54, 1.807) is 6.92 Å². The summed E-state index contributed by atoms with van der Waals surface area (Å²) in [6, 6.07) is 7.91. The van der Waals surface area contributed by atoms with Crippen LogP contribution in [0.4, 0.5) is 4.79 Å². The van der Waals surface area contributed by atoms with E-state index >= 15 is 0 Å². The number of nitrogens with one attached hydrogen (secondary N) is 1. The third-order valence-electron chi connectivity index (χ3n) is 3.25. The third kappa shape index (κ3) is 5.60. The summed E-state index contributed by atoms with van der Waals surface area (Å²) in [5.74, 6) is -0.129. The van der Waals surface area contributed by atoms with Crippen LogP contribution in [0.5, 0.6) is 0 Å². The number of imide groups is 1. The van der Waals surface area contributed by atoms with E-state index in [0.717, 1.165) is 17.3 Å². The van der Waals surface area contributed by atoms with Gasteiger partial charge < -0.3 is 9.15 Å². The van der Waals surface area contributed by atoms with Crippen molar-refractivity contribution in [2.75, 3.05) is 12.4 Å². The summed E-state index contributed by atoms with van der Waals surface area (Å²) in [6.45, 7) is 8.29. The van der Waals surface area contributed by atoms with Crippen LogP contribution in [0.25, 0.3) is 11.5 Å². The molecule has 25 heavy (non-hydrogen) atoms. The molecular formula is C17H21N3O4S. The first-order chi connectivity index (χ1) is 11.8. The fourth-order valence-corrected chi connectivity index (χ4v) is 2.51. The van der Waals surface area contributed by atoms with Gasteiger partial charge in [0.25, 0.3) is 5.22 Å². The van der Waals surface area contributed by atoms with Crippen molar-refractivity contribution < 1.29 is 18.7 Å². The highest BCUT2D eigenvalue weighted by Gasteiger charge is 2.16. The summed E-state index contributed by atoms with van der Waals surface area (Å²) in [4.78, 5) is 22.7. The number of rotatable bonds is 5. The lowest BCUT2D eigenvalue weighted by Gasteiger charge is -2.18. The normalized spacial score (nSPS) is 11.2. The first-order valence-corrected chi connectivity index (χ1v) is 8.82. The molecule has 0 radical (unpaired) electrons. The molecule has 0 bridgehead atoms. The van der Waals surface area contributed by atoms with Gasteiger partial charge in [0.2, 0.25) is 11.8 Å². The van der Waals surface area contributed by atoms with Gasteiger partial charge in [-0.15, -0.1) is 10.2 Å². The molecule has 2 aromatic rings. The van der Waals surface area contributed by atoms with E-state index in [9.17, 15) is 9.59 Å². The molecule has 0 saturated carbocycles. The van der Waals surface area contributed by atoms with Crippen LogP contribution in [0.2, 0.25) is 0 Å². The lowest BCUT2D eigenvalue weighted by atomic mass is 9.87. The zero-order valence-corrected chi connectivity index (χ0v) is 15.5. The van der Waals surface area contributed by atoms with Crippen molar-refractivity contribution in [1.82, 2.24) is 15.5 Å². The summed E-state index contributed by atoms with van der Waals surface area (Å²) < 4.78 is 10.2. The Morgan fingerprint density at radius 2 is 1.88 bits per heavy atom. The van der Waals surface area contributed by atoms with E-state index in [1.807, 2.05) is 24.3 Å². The van der Waals surface area contributed by atoms with E-state index in [2.05, 4.69) is 41.0 Å². The van der Waals surface area contributed by atoms with E-state index in [-0.39, 0.29) is 23.0 Å². The van der Waals surface area contributed by atoms with Gasteiger partial charge >= 0.3 is 6.09 Å². The average molecular weight is 363 g/mol. The van der Waals surface area contributed by atoms with Crippen LogP contribution in [0.15, 0.2) is 33.9 Å². The lowest BCUT2D eigenvalue weighted by Crippen LogP contribution is -2.32. The maximum atomic E-state index is 11.6. The van der Waals surface area contributed by atoms with Gasteiger partial charge in [-0.3, -0.25) is 10.1 Å². The standard InChI is InChI=1S/C17H21N3O4S/c1-5-23-15(22)18-13(21)10-25-16-20-19-14(24-16)11-6-8-12(9-7-11)17(2,3)4/h6-9H,5,10H2,1-4H3,(H,18,21,22). The Morgan fingerprint density at radius 1 is 1.20 bits per heavy atom. The van der Waals surface area contributed by atoms with Gasteiger partial charge in [0.1, 0.15) is 0 Å². The van der Waals surface area contributed by atoms with E-state index in [1.165, 1.54) is 5.56 Å². The van der Waals surface area contributed by atoms with Crippen LogP contribution in [-0.4, -0.2) is 34.6 Å². The van der Waals surface area contributed by atoms with Gasteiger partial charge in [0.15, 0.2) is 0 Å². The Bertz CT molecular complexity index is 735. The quantitative estimate of drug-likeness (QED) is 0.814. The molecule has 0 fully saturated rings. The van der Waals surface area contributed by atoms with Crippen molar-refractivity contribution in [3.05, 3.63) is 29.8 Å². The van der Waals surface area contributed by atoms with Crippen LogP contribution in [0.3, 0.4) is 0 Å². The van der Waals surface area contributed by atoms with Gasteiger partial charge in [0, 0.05) is 5.56 Å². The largest absolute Gasteiger partial charge is 0.450 e. The average Bonchev–Trinajstić information content (AvgIpc) is 3.01. The molecule has 2 amide bonds. The number of alkyl carbamates (subject to hydrolysis) is 1. The molecule has 0 aliphatic carbocycles. The van der Waals surface area contributed by atoms with Gasteiger partial charge in [-0.05, 0) is 30.0 Å². The van der Waals surface area contributed by atoms with Gasteiger partial charge in [0.05, 0.1) is 12.4 Å². The Balaban J connectivity index is 1.94. The lowest BCUT2D eigenvalue weighted by molar-refractivity contribution is -0.117. The summed E-state index contributed by atoms with van der Waals surface area (Å²) in [5.41, 5.74) is 2.09. The zero-order valence-electron chi connectivity index (χ0n) is 14.7. The second-order valence-electron chi connectivity index (χ2n) is 6.26. The van der Waals surface area contributed by atoms with E-state index in [4.69, 9.17) is 4.42 Å². The molecule has 7 nitrogen and oxygen atoms in total. The number of nitrogens with zero attached hydrogens (tertiary/aromatic N) is 2. The maximum absolute atomic E-state index is 11.6. The van der Waals surface area contributed by atoms with Crippen molar-refractivity contribution in [3.8, 4) is 11.5 Å². The topological polar surface area (TPSA) is 94.3 Å². The maximum Gasteiger partial charge on any atom is 0.413 e. The molecule has 2 rings (SSSR count). The zero-order chi connectivity index (χ0) is 18.4. The van der Waals surface area contributed by atoms with Crippen molar-refractivity contribution >= 4 is 23.8 Å². The number of aromatic nitrogens is 2. The number of hydrogen-bond acceptors (Lipinski definition) is 7. The number of hydrogen-bond donors (Lipinski definition) is 1. The molecule has 134 valence electrons. The first-order valence-electron chi connectivity index (χ1n) is 7.83. The number of amides is 2. The Kier molecular flexibility index (Phi) is 6.19. The molecule has 0 unspecified atom stereocenters. The minimum Gasteiger partial charge on any atom is -0.450 e. The molecule has 0 spiro atoms. The number of ether oxygens (including phenoxy) is 1. The molecule has 1 N–H and O–H groups in total. The van der Waals surface area contributed by atoms with Crippen molar-refractivity contribution in [2.24, 2.45) is 0 Å². The minimum atomic E-state index is -0.766. The Labute approximate surface area is 150 Å². The van der Waals surface area contributed by atoms with Crippen LogP contribution in [0, 0.1) is 0 Å². The second-order valence-corrected chi connectivity index (χ2v) is 7.18. The fraction of sp³-hybridized carbons (Fsp3) is 0.412. The molecule has 0 aliphatic rings. The van der Waals surface area contributed by atoms with Crippen LogP contribution in [-0.2, 0) is 14.9 Å². The van der Waals surface area contributed by atoms with Crippen molar-refractivity contribution in [3.63, 3.8) is 0 Å². The molecule has 0 aliphatic heterocycles. The number of benzene rings is 1. The molecular weight excluding hydrogens is 342 g/mol. The number of carbonyl (C=O) groups is 2. The van der Waals surface area contributed by atoms with Gasteiger partial charge in [-0.2, -0.15) is 0 Å².